The molecular weight excluding hydrogens is 244 g/mol. The lowest BCUT2D eigenvalue weighted by atomic mass is 10.1. The standard InChI is InChI=1S/C13H26N4O2/c1-3-16(4-2)12(18)5-8-15-11-6-9-17(10-7-11)13(14)19/h11,15H,3-10H2,1-2H3,(H2,14,19). The maximum Gasteiger partial charge on any atom is 0.314 e. The van der Waals surface area contributed by atoms with Crippen molar-refractivity contribution in [3.05, 3.63) is 0 Å². The van der Waals surface area contributed by atoms with E-state index in [9.17, 15) is 9.59 Å². The monoisotopic (exact) mass is 270 g/mol. The lowest BCUT2D eigenvalue weighted by molar-refractivity contribution is -0.130. The van der Waals surface area contributed by atoms with Crippen LogP contribution in [0.15, 0.2) is 0 Å². The molecule has 6 heteroatoms. The number of carbonyl (C=O) groups excluding carboxylic acids is 2. The highest BCUT2D eigenvalue weighted by Crippen LogP contribution is 2.09. The smallest absolute Gasteiger partial charge is 0.314 e. The Kier molecular flexibility index (Phi) is 6.62. The normalized spacial score (nSPS) is 16.4. The van der Waals surface area contributed by atoms with Gasteiger partial charge in [-0.05, 0) is 26.7 Å². The van der Waals surface area contributed by atoms with Crippen LogP contribution in [0.2, 0.25) is 0 Å². The number of primary amides is 1. The number of nitrogens with zero attached hydrogens (tertiary/aromatic N) is 2. The Labute approximate surface area is 115 Å². The summed E-state index contributed by atoms with van der Waals surface area (Å²) < 4.78 is 0. The van der Waals surface area contributed by atoms with E-state index in [1.54, 1.807) is 4.90 Å². The molecule has 0 atom stereocenters. The minimum absolute atomic E-state index is 0.201. The number of urea groups is 1. The third kappa shape index (κ3) is 5.06. The fraction of sp³-hybridized carbons (Fsp3) is 0.846. The second-order valence-electron chi connectivity index (χ2n) is 4.87. The van der Waals surface area contributed by atoms with E-state index in [1.807, 2.05) is 18.7 Å². The van der Waals surface area contributed by atoms with Gasteiger partial charge in [-0.25, -0.2) is 4.79 Å². The average molecular weight is 270 g/mol. The molecule has 1 rings (SSSR count). The van der Waals surface area contributed by atoms with Crippen molar-refractivity contribution in [1.29, 1.82) is 0 Å². The number of carbonyl (C=O) groups is 2. The third-order valence-corrected chi connectivity index (χ3v) is 3.69. The molecular formula is C13H26N4O2. The van der Waals surface area contributed by atoms with Gasteiger partial charge in [-0.15, -0.1) is 0 Å². The molecule has 0 bridgehead atoms. The van der Waals surface area contributed by atoms with Gasteiger partial charge in [0.2, 0.25) is 5.91 Å². The van der Waals surface area contributed by atoms with Gasteiger partial charge in [0.1, 0.15) is 0 Å². The fourth-order valence-electron chi connectivity index (χ4n) is 2.42. The summed E-state index contributed by atoms with van der Waals surface area (Å²) in [4.78, 5) is 26.3. The molecule has 0 radical (unpaired) electrons. The van der Waals surface area contributed by atoms with Crippen molar-refractivity contribution < 1.29 is 9.59 Å². The fourth-order valence-corrected chi connectivity index (χ4v) is 2.42. The summed E-state index contributed by atoms with van der Waals surface area (Å²) in [6, 6.07) is 0.0512. The summed E-state index contributed by atoms with van der Waals surface area (Å²) >= 11 is 0. The topological polar surface area (TPSA) is 78.7 Å². The van der Waals surface area contributed by atoms with Crippen LogP contribution >= 0.6 is 0 Å². The van der Waals surface area contributed by atoms with E-state index in [0.717, 1.165) is 25.9 Å². The lowest BCUT2D eigenvalue weighted by Crippen LogP contribution is -2.47. The number of rotatable bonds is 6. The molecule has 1 aliphatic heterocycles. The number of piperidine rings is 1. The molecule has 1 heterocycles. The second kappa shape index (κ2) is 7.99. The Hall–Kier alpha value is -1.30. The highest BCUT2D eigenvalue weighted by Gasteiger charge is 2.20. The summed E-state index contributed by atoms with van der Waals surface area (Å²) in [6.07, 6.45) is 2.35. The molecule has 0 spiro atoms. The van der Waals surface area contributed by atoms with Crippen LogP contribution in [-0.4, -0.2) is 60.5 Å². The van der Waals surface area contributed by atoms with E-state index < -0.39 is 0 Å². The maximum atomic E-state index is 11.8. The third-order valence-electron chi connectivity index (χ3n) is 3.69. The average Bonchev–Trinajstić information content (AvgIpc) is 2.40. The minimum atomic E-state index is -0.338. The highest BCUT2D eigenvalue weighted by molar-refractivity contribution is 5.76. The molecule has 19 heavy (non-hydrogen) atoms. The summed E-state index contributed by atoms with van der Waals surface area (Å²) in [5.41, 5.74) is 5.23. The molecule has 0 aromatic carbocycles. The highest BCUT2D eigenvalue weighted by atomic mass is 16.2. The predicted octanol–water partition coefficient (Wildman–Crippen LogP) is 0.378. The van der Waals surface area contributed by atoms with E-state index in [0.29, 0.717) is 32.1 Å². The largest absolute Gasteiger partial charge is 0.351 e. The molecule has 0 aromatic heterocycles. The van der Waals surface area contributed by atoms with E-state index in [2.05, 4.69) is 5.32 Å². The van der Waals surface area contributed by atoms with Crippen molar-refractivity contribution in [3.8, 4) is 0 Å². The molecule has 3 amide bonds. The van der Waals surface area contributed by atoms with Crippen LogP contribution in [0.1, 0.15) is 33.1 Å². The Balaban J connectivity index is 2.17. The van der Waals surface area contributed by atoms with Crippen LogP contribution in [0.25, 0.3) is 0 Å². The van der Waals surface area contributed by atoms with Crippen molar-refractivity contribution >= 4 is 11.9 Å². The predicted molar refractivity (Wildman–Crippen MR) is 74.7 cm³/mol. The number of hydrogen-bond donors (Lipinski definition) is 2. The second-order valence-corrected chi connectivity index (χ2v) is 4.87. The first kappa shape index (κ1) is 15.8. The van der Waals surface area contributed by atoms with Crippen molar-refractivity contribution in [2.24, 2.45) is 5.73 Å². The van der Waals surface area contributed by atoms with Gasteiger partial charge in [-0.2, -0.15) is 0 Å². The Morgan fingerprint density at radius 3 is 2.32 bits per heavy atom. The number of amides is 3. The number of nitrogens with one attached hydrogen (secondary N) is 1. The number of hydrogen-bond acceptors (Lipinski definition) is 3. The Bertz CT molecular complexity index is 297. The molecule has 0 saturated carbocycles. The van der Waals surface area contributed by atoms with Gasteiger partial charge in [-0.1, -0.05) is 0 Å². The van der Waals surface area contributed by atoms with Crippen molar-refractivity contribution in [1.82, 2.24) is 15.1 Å². The first-order chi connectivity index (χ1) is 9.08. The molecule has 6 nitrogen and oxygen atoms in total. The first-order valence-corrected chi connectivity index (χ1v) is 7.14. The summed E-state index contributed by atoms with van der Waals surface area (Å²) in [6.45, 7) is 7.64. The van der Waals surface area contributed by atoms with Crippen LogP contribution in [-0.2, 0) is 4.79 Å². The molecule has 1 fully saturated rings. The van der Waals surface area contributed by atoms with Gasteiger partial charge in [0, 0.05) is 45.2 Å². The van der Waals surface area contributed by atoms with Gasteiger partial charge in [0.05, 0.1) is 0 Å². The van der Waals surface area contributed by atoms with E-state index in [-0.39, 0.29) is 11.9 Å². The van der Waals surface area contributed by atoms with Crippen LogP contribution in [0, 0.1) is 0 Å². The summed E-state index contributed by atoms with van der Waals surface area (Å²) in [7, 11) is 0. The summed E-state index contributed by atoms with van der Waals surface area (Å²) in [5, 5.41) is 3.39. The molecule has 3 N–H and O–H groups in total. The Morgan fingerprint density at radius 1 is 1.26 bits per heavy atom. The number of likely N-dealkylation sites (tertiary alicyclic amines) is 1. The van der Waals surface area contributed by atoms with Crippen LogP contribution in [0.3, 0.4) is 0 Å². The van der Waals surface area contributed by atoms with Crippen LogP contribution < -0.4 is 11.1 Å². The zero-order chi connectivity index (χ0) is 14.3. The Morgan fingerprint density at radius 2 is 1.84 bits per heavy atom. The molecule has 1 saturated heterocycles. The van der Waals surface area contributed by atoms with E-state index in [1.165, 1.54) is 0 Å². The van der Waals surface area contributed by atoms with Gasteiger partial charge in [0.15, 0.2) is 0 Å². The van der Waals surface area contributed by atoms with Crippen LogP contribution in [0.5, 0.6) is 0 Å². The quantitative estimate of drug-likeness (QED) is 0.732. The zero-order valence-corrected chi connectivity index (χ0v) is 12.0. The SMILES string of the molecule is CCN(CC)C(=O)CCNC1CCN(C(N)=O)CC1. The maximum absolute atomic E-state index is 11.8. The van der Waals surface area contributed by atoms with Gasteiger partial charge in [0.25, 0.3) is 0 Å². The zero-order valence-electron chi connectivity index (χ0n) is 12.0. The molecule has 0 aromatic rings. The van der Waals surface area contributed by atoms with E-state index >= 15 is 0 Å². The lowest BCUT2D eigenvalue weighted by Gasteiger charge is -2.31. The molecule has 0 aliphatic carbocycles. The van der Waals surface area contributed by atoms with Gasteiger partial charge in [-0.3, -0.25) is 4.79 Å². The van der Waals surface area contributed by atoms with Gasteiger partial charge >= 0.3 is 6.03 Å². The van der Waals surface area contributed by atoms with Gasteiger partial charge < -0.3 is 20.9 Å². The van der Waals surface area contributed by atoms with Crippen LogP contribution in [0.4, 0.5) is 4.79 Å². The first-order valence-electron chi connectivity index (χ1n) is 7.14. The molecule has 0 unspecified atom stereocenters. The number of nitrogens with two attached hydrogens (primary N) is 1. The van der Waals surface area contributed by atoms with Crippen molar-refractivity contribution in [3.63, 3.8) is 0 Å². The van der Waals surface area contributed by atoms with Crippen molar-refractivity contribution in [2.75, 3.05) is 32.7 Å². The summed E-state index contributed by atoms with van der Waals surface area (Å²) in [5.74, 6) is 0.201. The van der Waals surface area contributed by atoms with E-state index in [4.69, 9.17) is 5.73 Å². The minimum Gasteiger partial charge on any atom is -0.351 e. The van der Waals surface area contributed by atoms with Crippen molar-refractivity contribution in [2.45, 2.75) is 39.2 Å². The molecule has 1 aliphatic rings. The molecule has 110 valence electrons.